The van der Waals surface area contributed by atoms with Gasteiger partial charge in [0.25, 0.3) is 0 Å². The van der Waals surface area contributed by atoms with Crippen molar-refractivity contribution in [3.63, 3.8) is 0 Å². The second-order valence-corrected chi connectivity index (χ2v) is 11.9. The van der Waals surface area contributed by atoms with Crippen molar-refractivity contribution >= 4 is 11.7 Å². The van der Waals surface area contributed by atoms with Crippen LogP contribution in [0.5, 0.6) is 0 Å². The van der Waals surface area contributed by atoms with Crippen molar-refractivity contribution in [2.75, 3.05) is 18.4 Å². The molecule has 1 aliphatic carbocycles. The Kier molecular flexibility index (Phi) is 11.2. The van der Waals surface area contributed by atoms with Gasteiger partial charge in [-0.05, 0) is 82.2 Å². The molecule has 0 fully saturated rings. The quantitative estimate of drug-likeness (QED) is 0.216. The molecule has 9 heteroatoms. The van der Waals surface area contributed by atoms with Crippen molar-refractivity contribution in [3.05, 3.63) is 77.2 Å². The lowest BCUT2D eigenvalue weighted by Crippen LogP contribution is -2.48. The Bertz CT molecular complexity index is 1320. The van der Waals surface area contributed by atoms with Gasteiger partial charge in [-0.2, -0.15) is 0 Å². The molecule has 1 unspecified atom stereocenters. The number of aryl methyl sites for hydroxylation is 1. The van der Waals surface area contributed by atoms with Crippen LogP contribution < -0.4 is 16.0 Å². The zero-order valence-electron chi connectivity index (χ0n) is 25.6. The normalized spacial score (nSPS) is 15.8. The van der Waals surface area contributed by atoms with E-state index in [4.69, 9.17) is 0 Å². The molecule has 2 aromatic carbocycles. The highest BCUT2D eigenvalue weighted by Crippen LogP contribution is 2.26. The Morgan fingerprint density at radius 3 is 2.64 bits per heavy atom. The minimum atomic E-state index is -0.543. The van der Waals surface area contributed by atoms with Crippen LogP contribution in [0, 0.1) is 11.6 Å². The molecule has 2 atom stereocenters. The SMILES string of the molecule is CCCC(N[C@H]1CCc2cc(F)cc(F)c2C1)C(=O)Nc1cn(-c2ccccc2CNCCN(C(C)C)C(C)C)cn1. The second kappa shape index (κ2) is 14.8. The van der Waals surface area contributed by atoms with E-state index < -0.39 is 17.7 Å². The number of amides is 1. The molecule has 0 radical (unpaired) electrons. The van der Waals surface area contributed by atoms with E-state index in [2.05, 4.69) is 59.6 Å². The number of nitrogens with one attached hydrogen (secondary N) is 3. The van der Waals surface area contributed by atoms with Crippen LogP contribution in [0.2, 0.25) is 0 Å². The first kappa shape index (κ1) is 31.8. The highest BCUT2D eigenvalue weighted by atomic mass is 19.1. The molecule has 1 aromatic heterocycles. The van der Waals surface area contributed by atoms with Gasteiger partial charge >= 0.3 is 0 Å². The summed E-state index contributed by atoms with van der Waals surface area (Å²) in [5.41, 5.74) is 3.41. The van der Waals surface area contributed by atoms with E-state index >= 15 is 0 Å². The fraction of sp³-hybridized carbons (Fsp3) is 0.515. The Morgan fingerprint density at radius 2 is 1.90 bits per heavy atom. The molecule has 3 aromatic rings. The maximum Gasteiger partial charge on any atom is 0.242 e. The van der Waals surface area contributed by atoms with Crippen molar-refractivity contribution in [1.82, 2.24) is 25.1 Å². The van der Waals surface area contributed by atoms with Crippen LogP contribution in [0.4, 0.5) is 14.6 Å². The molecule has 0 spiro atoms. The van der Waals surface area contributed by atoms with Gasteiger partial charge in [0.1, 0.15) is 18.0 Å². The minimum absolute atomic E-state index is 0.0650. The third-order valence-corrected chi connectivity index (χ3v) is 8.09. The molecular weight excluding hydrogens is 534 g/mol. The Hall–Kier alpha value is -3.14. The van der Waals surface area contributed by atoms with Gasteiger partial charge in [0.2, 0.25) is 5.91 Å². The van der Waals surface area contributed by atoms with E-state index in [9.17, 15) is 13.6 Å². The monoisotopic (exact) mass is 580 g/mol. The number of para-hydroxylation sites is 1. The topological polar surface area (TPSA) is 74.2 Å². The second-order valence-electron chi connectivity index (χ2n) is 11.9. The van der Waals surface area contributed by atoms with Crippen molar-refractivity contribution in [3.8, 4) is 5.69 Å². The van der Waals surface area contributed by atoms with Gasteiger partial charge in [-0.3, -0.25) is 9.69 Å². The third-order valence-electron chi connectivity index (χ3n) is 8.09. The van der Waals surface area contributed by atoms with Gasteiger partial charge < -0.3 is 20.5 Å². The van der Waals surface area contributed by atoms with E-state index in [-0.39, 0.29) is 11.9 Å². The summed E-state index contributed by atoms with van der Waals surface area (Å²) in [6, 6.07) is 11.0. The van der Waals surface area contributed by atoms with Crippen molar-refractivity contribution in [1.29, 1.82) is 0 Å². The molecular formula is C33H46F2N6O. The first-order valence-corrected chi connectivity index (χ1v) is 15.3. The van der Waals surface area contributed by atoms with Gasteiger partial charge in [-0.1, -0.05) is 31.5 Å². The standard InChI is InChI=1S/C33H46F2N6O/c1-6-9-30(38-27-13-12-24-16-26(34)17-29(35)28(24)18-27)33(42)39-32-20-40(21-37-32)31-11-8-7-10-25(31)19-36-14-15-41(22(2)3)23(4)5/h7-8,10-11,16-17,20-23,27,30,36,38H,6,9,12-15,18-19H2,1-5H3,(H,39,42)/t27-,30?/m0/s1. The molecule has 42 heavy (non-hydrogen) atoms. The van der Waals surface area contributed by atoms with Crippen LogP contribution in [0.15, 0.2) is 48.9 Å². The number of halogens is 2. The molecule has 0 bridgehead atoms. The average Bonchev–Trinajstić information content (AvgIpc) is 3.41. The van der Waals surface area contributed by atoms with Crippen LogP contribution in [0.25, 0.3) is 5.69 Å². The van der Waals surface area contributed by atoms with Gasteiger partial charge in [-0.15, -0.1) is 0 Å². The van der Waals surface area contributed by atoms with Gasteiger partial charge in [-0.25, -0.2) is 13.8 Å². The molecule has 1 aliphatic rings. The van der Waals surface area contributed by atoms with Crippen molar-refractivity contribution in [2.45, 2.75) is 97.4 Å². The highest BCUT2D eigenvalue weighted by Gasteiger charge is 2.27. The van der Waals surface area contributed by atoms with Crippen LogP contribution in [0.1, 0.15) is 70.6 Å². The average molecular weight is 581 g/mol. The van der Waals surface area contributed by atoms with Crippen LogP contribution >= 0.6 is 0 Å². The molecule has 1 heterocycles. The first-order chi connectivity index (χ1) is 20.2. The van der Waals surface area contributed by atoms with Crippen LogP contribution in [0.3, 0.4) is 0 Å². The first-order valence-electron chi connectivity index (χ1n) is 15.3. The fourth-order valence-corrected chi connectivity index (χ4v) is 5.98. The van der Waals surface area contributed by atoms with Crippen LogP contribution in [-0.4, -0.2) is 57.6 Å². The van der Waals surface area contributed by atoms with Crippen molar-refractivity contribution < 1.29 is 13.6 Å². The van der Waals surface area contributed by atoms with E-state index in [0.29, 0.717) is 42.7 Å². The summed E-state index contributed by atoms with van der Waals surface area (Å²) in [5, 5.41) is 9.99. The zero-order valence-corrected chi connectivity index (χ0v) is 25.6. The Balaban J connectivity index is 1.36. The molecule has 4 rings (SSSR count). The minimum Gasteiger partial charge on any atom is -0.311 e. The van der Waals surface area contributed by atoms with E-state index in [1.165, 1.54) is 6.07 Å². The number of anilines is 1. The molecule has 1 amide bonds. The number of rotatable bonds is 14. The van der Waals surface area contributed by atoms with Gasteiger partial charge in [0.15, 0.2) is 5.82 Å². The summed E-state index contributed by atoms with van der Waals surface area (Å²) in [5.74, 6) is -0.742. The Morgan fingerprint density at radius 1 is 1.14 bits per heavy atom. The number of aromatic nitrogens is 2. The number of hydrogen-bond donors (Lipinski definition) is 3. The van der Waals surface area contributed by atoms with E-state index in [0.717, 1.165) is 55.4 Å². The summed E-state index contributed by atoms with van der Waals surface area (Å²) >= 11 is 0. The fourth-order valence-electron chi connectivity index (χ4n) is 5.98. The number of imidazole rings is 1. The van der Waals surface area contributed by atoms with E-state index in [1.807, 2.05) is 35.9 Å². The number of fused-ring (bicyclic) bond motifs is 1. The summed E-state index contributed by atoms with van der Waals surface area (Å²) in [6.45, 7) is 13.5. The lowest BCUT2D eigenvalue weighted by molar-refractivity contribution is -0.118. The lowest BCUT2D eigenvalue weighted by atomic mass is 9.87. The molecule has 228 valence electrons. The summed E-state index contributed by atoms with van der Waals surface area (Å²) in [6.07, 6.45) is 6.73. The molecule has 0 saturated carbocycles. The molecule has 3 N–H and O–H groups in total. The maximum absolute atomic E-state index is 14.4. The summed E-state index contributed by atoms with van der Waals surface area (Å²) in [4.78, 5) is 20.2. The lowest BCUT2D eigenvalue weighted by Gasteiger charge is -2.30. The number of hydrogen-bond acceptors (Lipinski definition) is 5. The highest BCUT2D eigenvalue weighted by molar-refractivity contribution is 5.94. The summed E-state index contributed by atoms with van der Waals surface area (Å²) in [7, 11) is 0. The molecule has 7 nitrogen and oxygen atoms in total. The van der Waals surface area contributed by atoms with Gasteiger partial charge in [0.05, 0.1) is 17.9 Å². The number of benzene rings is 2. The van der Waals surface area contributed by atoms with Gasteiger partial charge in [0, 0.05) is 43.8 Å². The largest absolute Gasteiger partial charge is 0.311 e. The molecule has 0 saturated heterocycles. The molecule has 0 aliphatic heterocycles. The third kappa shape index (κ3) is 8.24. The van der Waals surface area contributed by atoms with Crippen molar-refractivity contribution in [2.24, 2.45) is 0 Å². The Labute approximate surface area is 249 Å². The predicted molar refractivity (Wildman–Crippen MR) is 165 cm³/mol. The number of carbonyl (C=O) groups is 1. The number of carbonyl (C=O) groups excluding carboxylic acids is 1. The van der Waals surface area contributed by atoms with E-state index in [1.54, 1.807) is 6.33 Å². The number of nitrogens with zero attached hydrogens (tertiary/aromatic N) is 3. The maximum atomic E-state index is 14.4. The van der Waals surface area contributed by atoms with Crippen LogP contribution in [-0.2, 0) is 24.2 Å². The smallest absolute Gasteiger partial charge is 0.242 e. The summed E-state index contributed by atoms with van der Waals surface area (Å²) < 4.78 is 30.0. The predicted octanol–water partition coefficient (Wildman–Crippen LogP) is 5.61. The zero-order chi connectivity index (χ0) is 30.2.